The van der Waals surface area contributed by atoms with Gasteiger partial charge in [0.05, 0.1) is 6.04 Å². The van der Waals surface area contributed by atoms with Crippen LogP contribution in [0.15, 0.2) is 0 Å². The second-order valence-electron chi connectivity index (χ2n) is 4.53. The van der Waals surface area contributed by atoms with Crippen molar-refractivity contribution in [1.82, 2.24) is 10.3 Å². The zero-order chi connectivity index (χ0) is 11.4. The van der Waals surface area contributed by atoms with Gasteiger partial charge in [0.2, 0.25) is 0 Å². The van der Waals surface area contributed by atoms with Gasteiger partial charge in [-0.25, -0.2) is 15.6 Å². The molecule has 0 aliphatic carbocycles. The smallest absolute Gasteiger partial charge is 0.421 e. The third-order valence-corrected chi connectivity index (χ3v) is 3.04. The van der Waals surface area contributed by atoms with Crippen LogP contribution in [0.4, 0.5) is 4.79 Å². The zero-order valence-electron chi connectivity index (χ0n) is 9.44. The first-order valence-corrected chi connectivity index (χ1v) is 5.51. The Morgan fingerprint density at radius 1 is 1.60 bits per heavy atom. The van der Waals surface area contributed by atoms with Crippen molar-refractivity contribution in [2.45, 2.75) is 32.7 Å². The van der Waals surface area contributed by atoms with Crippen LogP contribution in [0.5, 0.6) is 0 Å². The fourth-order valence-corrected chi connectivity index (χ4v) is 2.39. The summed E-state index contributed by atoms with van der Waals surface area (Å²) >= 11 is 0. The van der Waals surface area contributed by atoms with Crippen molar-refractivity contribution < 1.29 is 9.90 Å². The fraction of sp³-hybridized carbons (Fsp3) is 0.900. The highest BCUT2D eigenvalue weighted by Crippen LogP contribution is 2.23. The predicted octanol–water partition coefficient (Wildman–Crippen LogP) is 0.864. The van der Waals surface area contributed by atoms with E-state index in [4.69, 9.17) is 10.9 Å². The molecule has 15 heavy (non-hydrogen) atoms. The van der Waals surface area contributed by atoms with E-state index in [-0.39, 0.29) is 12.0 Å². The van der Waals surface area contributed by atoms with E-state index in [0.717, 1.165) is 30.9 Å². The second kappa shape index (κ2) is 5.32. The average Bonchev–Trinajstić information content (AvgIpc) is 2.18. The molecule has 0 spiro atoms. The molecule has 0 saturated carbocycles. The first-order valence-electron chi connectivity index (χ1n) is 5.51. The number of nitrogens with one attached hydrogen (secondary N) is 1. The van der Waals surface area contributed by atoms with Gasteiger partial charge in [0.1, 0.15) is 0 Å². The normalized spacial score (nSPS) is 23.9. The molecule has 0 aromatic rings. The molecule has 0 aromatic heterocycles. The Morgan fingerprint density at radius 3 is 2.67 bits per heavy atom. The van der Waals surface area contributed by atoms with E-state index in [9.17, 15) is 4.79 Å². The van der Waals surface area contributed by atoms with Gasteiger partial charge in [-0.15, -0.1) is 0 Å². The minimum Gasteiger partial charge on any atom is -0.464 e. The molecule has 0 aromatic carbocycles. The zero-order valence-corrected chi connectivity index (χ0v) is 9.44. The third-order valence-electron chi connectivity index (χ3n) is 3.04. The summed E-state index contributed by atoms with van der Waals surface area (Å²) in [6, 6.07) is -0.0877. The standard InChI is InChI=1S/C10H21N3O2/c1-7(2)9(13(11)10(14)15)8-4-3-5-12-6-8/h7-9,12H,3-6,11H2,1-2H3,(H,14,15). The average molecular weight is 215 g/mol. The summed E-state index contributed by atoms with van der Waals surface area (Å²) in [5.74, 6) is 6.18. The molecule has 2 unspecified atom stereocenters. The molecule has 88 valence electrons. The summed E-state index contributed by atoms with van der Waals surface area (Å²) in [7, 11) is 0. The lowest BCUT2D eigenvalue weighted by atomic mass is 9.85. The molecule has 1 amide bonds. The Bertz CT molecular complexity index is 215. The highest BCUT2D eigenvalue weighted by Gasteiger charge is 2.32. The summed E-state index contributed by atoms with van der Waals surface area (Å²) < 4.78 is 0. The summed E-state index contributed by atoms with van der Waals surface area (Å²) in [4.78, 5) is 10.9. The van der Waals surface area contributed by atoms with Gasteiger partial charge >= 0.3 is 6.09 Å². The number of piperidine rings is 1. The highest BCUT2D eigenvalue weighted by molar-refractivity contribution is 5.64. The van der Waals surface area contributed by atoms with Crippen LogP contribution < -0.4 is 11.2 Å². The van der Waals surface area contributed by atoms with Crippen molar-refractivity contribution in [2.75, 3.05) is 13.1 Å². The van der Waals surface area contributed by atoms with Crippen molar-refractivity contribution in [2.24, 2.45) is 17.7 Å². The van der Waals surface area contributed by atoms with Crippen molar-refractivity contribution in [3.05, 3.63) is 0 Å². The summed E-state index contributed by atoms with van der Waals surface area (Å²) in [5.41, 5.74) is 0. The summed E-state index contributed by atoms with van der Waals surface area (Å²) in [5, 5.41) is 13.2. The molecule has 1 aliphatic rings. The van der Waals surface area contributed by atoms with E-state index in [2.05, 4.69) is 5.32 Å². The Hall–Kier alpha value is -0.810. The molecule has 1 rings (SSSR count). The van der Waals surface area contributed by atoms with Gasteiger partial charge in [0.25, 0.3) is 0 Å². The van der Waals surface area contributed by atoms with Gasteiger partial charge in [0, 0.05) is 0 Å². The van der Waals surface area contributed by atoms with Crippen LogP contribution >= 0.6 is 0 Å². The van der Waals surface area contributed by atoms with Crippen LogP contribution in [-0.4, -0.2) is 35.3 Å². The molecule has 2 atom stereocenters. The Labute approximate surface area is 90.6 Å². The van der Waals surface area contributed by atoms with Gasteiger partial charge in [-0.05, 0) is 37.8 Å². The van der Waals surface area contributed by atoms with Gasteiger partial charge in [-0.1, -0.05) is 13.8 Å². The van der Waals surface area contributed by atoms with Crippen LogP contribution in [0, 0.1) is 11.8 Å². The first-order chi connectivity index (χ1) is 7.04. The molecule has 1 fully saturated rings. The number of amides is 1. The number of carboxylic acid groups (broad SMARTS) is 1. The summed E-state index contributed by atoms with van der Waals surface area (Å²) in [6.45, 7) is 5.92. The minimum absolute atomic E-state index is 0.0877. The highest BCUT2D eigenvalue weighted by atomic mass is 16.4. The van der Waals surface area contributed by atoms with Gasteiger partial charge in [-0.3, -0.25) is 0 Å². The topological polar surface area (TPSA) is 78.6 Å². The molecular formula is C10H21N3O2. The lowest BCUT2D eigenvalue weighted by Crippen LogP contribution is -2.54. The van der Waals surface area contributed by atoms with Crippen LogP contribution in [0.1, 0.15) is 26.7 Å². The van der Waals surface area contributed by atoms with Crippen LogP contribution in [-0.2, 0) is 0 Å². The van der Waals surface area contributed by atoms with Crippen molar-refractivity contribution in [3.8, 4) is 0 Å². The molecule has 5 heteroatoms. The summed E-state index contributed by atoms with van der Waals surface area (Å²) in [6.07, 6.45) is 1.11. The molecule has 1 aliphatic heterocycles. The number of hydrogen-bond donors (Lipinski definition) is 3. The van der Waals surface area contributed by atoms with Crippen LogP contribution in [0.3, 0.4) is 0 Å². The molecule has 0 bridgehead atoms. The molecule has 5 nitrogen and oxygen atoms in total. The molecule has 4 N–H and O–H groups in total. The van der Waals surface area contributed by atoms with Gasteiger partial charge < -0.3 is 10.4 Å². The Kier molecular flexibility index (Phi) is 4.35. The van der Waals surface area contributed by atoms with Crippen molar-refractivity contribution in [1.29, 1.82) is 0 Å². The minimum atomic E-state index is -1.04. The number of nitrogens with zero attached hydrogens (tertiary/aromatic N) is 1. The number of rotatable bonds is 3. The van der Waals surface area contributed by atoms with E-state index in [1.807, 2.05) is 13.8 Å². The number of hydrogen-bond acceptors (Lipinski definition) is 3. The molecule has 0 radical (unpaired) electrons. The predicted molar refractivity (Wildman–Crippen MR) is 58.3 cm³/mol. The number of carbonyl (C=O) groups is 1. The Balaban J connectivity index is 2.67. The van der Waals surface area contributed by atoms with E-state index < -0.39 is 6.09 Å². The molecule has 1 heterocycles. The quantitative estimate of drug-likeness (QED) is 0.371. The number of hydrazine groups is 1. The maximum absolute atomic E-state index is 10.9. The van der Waals surface area contributed by atoms with E-state index >= 15 is 0 Å². The maximum atomic E-state index is 10.9. The monoisotopic (exact) mass is 215 g/mol. The van der Waals surface area contributed by atoms with Crippen molar-refractivity contribution >= 4 is 6.09 Å². The Morgan fingerprint density at radius 2 is 2.27 bits per heavy atom. The van der Waals surface area contributed by atoms with E-state index in [0.29, 0.717) is 5.92 Å². The first kappa shape index (κ1) is 12.3. The molecule has 1 saturated heterocycles. The lowest BCUT2D eigenvalue weighted by molar-refractivity contribution is 0.0756. The fourth-order valence-electron chi connectivity index (χ4n) is 2.39. The van der Waals surface area contributed by atoms with Crippen molar-refractivity contribution in [3.63, 3.8) is 0 Å². The lowest BCUT2D eigenvalue weighted by Gasteiger charge is -2.37. The van der Waals surface area contributed by atoms with Gasteiger partial charge in [-0.2, -0.15) is 0 Å². The SMILES string of the molecule is CC(C)C(C1CCCNC1)N(N)C(=O)O. The van der Waals surface area contributed by atoms with Crippen LogP contribution in [0.25, 0.3) is 0 Å². The largest absolute Gasteiger partial charge is 0.464 e. The third kappa shape index (κ3) is 3.07. The number of nitrogens with two attached hydrogens (primary N) is 1. The van der Waals surface area contributed by atoms with E-state index in [1.165, 1.54) is 0 Å². The van der Waals surface area contributed by atoms with Gasteiger partial charge in [0.15, 0.2) is 0 Å². The van der Waals surface area contributed by atoms with E-state index in [1.54, 1.807) is 0 Å². The molecular weight excluding hydrogens is 194 g/mol. The van der Waals surface area contributed by atoms with Crippen LogP contribution in [0.2, 0.25) is 0 Å². The maximum Gasteiger partial charge on any atom is 0.421 e. The second-order valence-corrected chi connectivity index (χ2v) is 4.53.